The Morgan fingerprint density at radius 3 is 2.50 bits per heavy atom. The number of thioether (sulfide) groups is 1. The summed E-state index contributed by atoms with van der Waals surface area (Å²) in [5.41, 5.74) is 10.3. The molecule has 0 aliphatic carbocycles. The first-order valence-electron chi connectivity index (χ1n) is 6.06. The molecule has 1 aliphatic rings. The van der Waals surface area contributed by atoms with Crippen molar-refractivity contribution in [2.75, 3.05) is 12.3 Å². The lowest BCUT2D eigenvalue weighted by molar-refractivity contribution is 0.562. The average Bonchev–Trinajstić information content (AvgIpc) is 2.73. The van der Waals surface area contributed by atoms with E-state index in [1.807, 2.05) is 0 Å². The van der Waals surface area contributed by atoms with Gasteiger partial charge in [-0.25, -0.2) is 0 Å². The summed E-state index contributed by atoms with van der Waals surface area (Å²) < 4.78 is 0.316. The molecule has 2 rings (SSSR count). The van der Waals surface area contributed by atoms with Gasteiger partial charge in [0.25, 0.3) is 0 Å². The molecule has 1 atom stereocenters. The first-order valence-corrected chi connectivity index (χ1v) is 7.04. The highest BCUT2D eigenvalue weighted by atomic mass is 32.2. The summed E-state index contributed by atoms with van der Waals surface area (Å²) in [6, 6.07) is 6.57. The lowest BCUT2D eigenvalue weighted by atomic mass is 9.89. The van der Waals surface area contributed by atoms with E-state index in [9.17, 15) is 0 Å². The third-order valence-electron chi connectivity index (χ3n) is 3.70. The second-order valence-electron chi connectivity index (χ2n) is 4.89. The van der Waals surface area contributed by atoms with Crippen LogP contribution in [0.3, 0.4) is 0 Å². The Morgan fingerprint density at radius 1 is 1.31 bits per heavy atom. The van der Waals surface area contributed by atoms with Gasteiger partial charge in [0.2, 0.25) is 0 Å². The van der Waals surface area contributed by atoms with Crippen molar-refractivity contribution in [3.8, 4) is 0 Å². The van der Waals surface area contributed by atoms with Crippen LogP contribution in [0.15, 0.2) is 18.2 Å². The van der Waals surface area contributed by atoms with Crippen LogP contribution in [0.2, 0.25) is 0 Å². The first kappa shape index (κ1) is 12.0. The van der Waals surface area contributed by atoms with E-state index in [1.54, 1.807) is 0 Å². The molecule has 88 valence electrons. The molecule has 1 fully saturated rings. The van der Waals surface area contributed by atoms with E-state index in [-0.39, 0.29) is 0 Å². The van der Waals surface area contributed by atoms with Crippen LogP contribution in [0.5, 0.6) is 0 Å². The Balaban J connectivity index is 2.25. The Hall–Kier alpha value is -0.470. The van der Waals surface area contributed by atoms with Crippen molar-refractivity contribution in [2.24, 2.45) is 5.73 Å². The molecule has 1 aliphatic heterocycles. The maximum atomic E-state index is 6.00. The number of hydrogen-bond donors (Lipinski definition) is 1. The second kappa shape index (κ2) is 4.80. The lowest BCUT2D eigenvalue weighted by Gasteiger charge is -2.28. The minimum Gasteiger partial charge on any atom is -0.329 e. The molecule has 0 bridgehead atoms. The van der Waals surface area contributed by atoms with Crippen molar-refractivity contribution in [2.45, 2.75) is 37.9 Å². The molecule has 0 saturated carbocycles. The molecule has 1 aromatic carbocycles. The first-order chi connectivity index (χ1) is 7.67. The third kappa shape index (κ3) is 2.28. The van der Waals surface area contributed by atoms with Crippen LogP contribution in [0.4, 0.5) is 0 Å². The zero-order chi connectivity index (χ0) is 11.6. The SMILES string of the molecule is Cc1cccc(C)c1CC1(CN)CCCS1. The van der Waals surface area contributed by atoms with Crippen molar-refractivity contribution in [1.29, 1.82) is 0 Å². The molecule has 0 aromatic heterocycles. The van der Waals surface area contributed by atoms with Gasteiger partial charge in [-0.15, -0.1) is 0 Å². The molecule has 1 aromatic rings. The Bertz CT molecular complexity index is 347. The van der Waals surface area contributed by atoms with Gasteiger partial charge >= 0.3 is 0 Å². The zero-order valence-corrected chi connectivity index (χ0v) is 11.1. The number of aryl methyl sites for hydroxylation is 2. The molecule has 1 unspecified atom stereocenters. The van der Waals surface area contributed by atoms with Crippen molar-refractivity contribution in [3.63, 3.8) is 0 Å². The van der Waals surface area contributed by atoms with Gasteiger partial charge in [0.05, 0.1) is 0 Å². The van der Waals surface area contributed by atoms with Crippen molar-refractivity contribution in [3.05, 3.63) is 34.9 Å². The van der Waals surface area contributed by atoms with Gasteiger partial charge in [0.1, 0.15) is 0 Å². The van der Waals surface area contributed by atoms with Crippen LogP contribution in [0, 0.1) is 13.8 Å². The largest absolute Gasteiger partial charge is 0.329 e. The van der Waals surface area contributed by atoms with Crippen LogP contribution < -0.4 is 5.73 Å². The van der Waals surface area contributed by atoms with Crippen LogP contribution in [0.25, 0.3) is 0 Å². The van der Waals surface area contributed by atoms with Crippen LogP contribution in [0.1, 0.15) is 29.5 Å². The second-order valence-corrected chi connectivity index (χ2v) is 6.45. The van der Waals surface area contributed by atoms with E-state index < -0.39 is 0 Å². The van der Waals surface area contributed by atoms with Gasteiger partial charge in [0, 0.05) is 11.3 Å². The van der Waals surface area contributed by atoms with Gasteiger partial charge in [-0.05, 0) is 55.6 Å². The molecule has 1 nitrogen and oxygen atoms in total. The summed E-state index contributed by atoms with van der Waals surface area (Å²) >= 11 is 2.08. The fraction of sp³-hybridized carbons (Fsp3) is 0.571. The number of benzene rings is 1. The molecule has 1 saturated heterocycles. The van der Waals surface area contributed by atoms with E-state index in [0.29, 0.717) is 4.75 Å². The highest BCUT2D eigenvalue weighted by Gasteiger charge is 2.34. The molecule has 1 heterocycles. The molecule has 0 amide bonds. The molecule has 2 heteroatoms. The zero-order valence-electron chi connectivity index (χ0n) is 10.3. The van der Waals surface area contributed by atoms with Crippen LogP contribution in [-0.2, 0) is 6.42 Å². The highest BCUT2D eigenvalue weighted by molar-refractivity contribution is 8.00. The molecular formula is C14H21NS. The maximum absolute atomic E-state index is 6.00. The monoisotopic (exact) mass is 235 g/mol. The van der Waals surface area contributed by atoms with Crippen molar-refractivity contribution in [1.82, 2.24) is 0 Å². The summed E-state index contributed by atoms with van der Waals surface area (Å²) in [6.07, 6.45) is 3.75. The molecule has 2 N–H and O–H groups in total. The number of nitrogens with two attached hydrogens (primary N) is 1. The van der Waals surface area contributed by atoms with E-state index in [0.717, 1.165) is 13.0 Å². The molecule has 0 spiro atoms. The van der Waals surface area contributed by atoms with Crippen LogP contribution in [-0.4, -0.2) is 17.0 Å². The molecule has 0 radical (unpaired) electrons. The lowest BCUT2D eigenvalue weighted by Crippen LogP contribution is -2.34. The standard InChI is InChI=1S/C14H21NS/c1-11-5-3-6-12(2)13(11)9-14(10-15)7-4-8-16-14/h3,5-6H,4,7-10,15H2,1-2H3. The summed E-state index contributed by atoms with van der Waals surface area (Å²) in [5.74, 6) is 1.28. The van der Waals surface area contributed by atoms with Gasteiger partial charge in [-0.2, -0.15) is 11.8 Å². The van der Waals surface area contributed by atoms with Crippen molar-refractivity contribution < 1.29 is 0 Å². The fourth-order valence-electron chi connectivity index (χ4n) is 2.58. The highest BCUT2D eigenvalue weighted by Crippen LogP contribution is 2.40. The topological polar surface area (TPSA) is 26.0 Å². The van der Waals surface area contributed by atoms with Gasteiger partial charge < -0.3 is 5.73 Å². The predicted molar refractivity (Wildman–Crippen MR) is 73.1 cm³/mol. The number of hydrogen-bond acceptors (Lipinski definition) is 2. The molecule has 16 heavy (non-hydrogen) atoms. The minimum absolute atomic E-state index is 0.316. The quantitative estimate of drug-likeness (QED) is 0.871. The molecular weight excluding hydrogens is 214 g/mol. The number of rotatable bonds is 3. The Labute approximate surface area is 103 Å². The third-order valence-corrected chi connectivity index (χ3v) is 5.32. The van der Waals surface area contributed by atoms with E-state index in [1.165, 1.54) is 35.3 Å². The predicted octanol–water partition coefficient (Wildman–Crippen LogP) is 3.07. The summed E-state index contributed by atoms with van der Waals surface area (Å²) in [5, 5.41) is 0. The summed E-state index contributed by atoms with van der Waals surface area (Å²) in [6.45, 7) is 5.24. The van der Waals surface area contributed by atoms with E-state index in [4.69, 9.17) is 5.73 Å². The Kier molecular flexibility index (Phi) is 3.60. The van der Waals surface area contributed by atoms with Crippen LogP contribution >= 0.6 is 11.8 Å². The summed E-state index contributed by atoms with van der Waals surface area (Å²) in [7, 11) is 0. The van der Waals surface area contributed by atoms with Gasteiger partial charge in [-0.1, -0.05) is 18.2 Å². The minimum atomic E-state index is 0.316. The maximum Gasteiger partial charge on any atom is 0.0322 e. The van der Waals surface area contributed by atoms with E-state index in [2.05, 4.69) is 43.8 Å². The fourth-order valence-corrected chi connectivity index (χ4v) is 3.95. The summed E-state index contributed by atoms with van der Waals surface area (Å²) in [4.78, 5) is 0. The van der Waals surface area contributed by atoms with E-state index >= 15 is 0 Å². The smallest absolute Gasteiger partial charge is 0.0322 e. The average molecular weight is 235 g/mol. The van der Waals surface area contributed by atoms with Gasteiger partial charge in [-0.3, -0.25) is 0 Å². The normalized spacial score (nSPS) is 24.9. The van der Waals surface area contributed by atoms with Gasteiger partial charge in [0.15, 0.2) is 0 Å². The van der Waals surface area contributed by atoms with Crippen molar-refractivity contribution >= 4 is 11.8 Å². The Morgan fingerprint density at radius 2 is 2.00 bits per heavy atom.